The summed E-state index contributed by atoms with van der Waals surface area (Å²) in [4.78, 5) is 30.3. The lowest BCUT2D eigenvalue weighted by Crippen LogP contribution is -2.51. The second-order valence-electron chi connectivity index (χ2n) is 8.41. The highest BCUT2D eigenvalue weighted by atomic mass is 16.5. The van der Waals surface area contributed by atoms with E-state index in [-0.39, 0.29) is 24.5 Å². The Morgan fingerprint density at radius 3 is 2.78 bits per heavy atom. The predicted molar refractivity (Wildman–Crippen MR) is 124 cm³/mol. The van der Waals surface area contributed by atoms with Crippen LogP contribution < -0.4 is 10.2 Å². The Kier molecular flexibility index (Phi) is 5.35. The Hall–Kier alpha value is -3.32. The van der Waals surface area contributed by atoms with E-state index in [9.17, 15) is 9.59 Å². The van der Waals surface area contributed by atoms with Gasteiger partial charge in [-0.3, -0.25) is 9.59 Å². The number of carbonyl (C=O) groups excluding carboxylic acids is 2. The maximum atomic E-state index is 13.4. The first-order chi connectivity index (χ1) is 15.6. The van der Waals surface area contributed by atoms with Crippen LogP contribution in [0.4, 0.5) is 5.69 Å². The SMILES string of the molecule is COCCCNC(=O)Cn1c2c(c3ccccc31)CCN1C(=O)c3ccccc3N(C)[C@@H]21. The fourth-order valence-corrected chi connectivity index (χ4v) is 5.12. The Bertz CT molecular complexity index is 1190. The number of carbonyl (C=O) groups is 2. The summed E-state index contributed by atoms with van der Waals surface area (Å²) >= 11 is 0. The van der Waals surface area contributed by atoms with Crippen molar-refractivity contribution in [2.24, 2.45) is 0 Å². The second kappa shape index (κ2) is 8.31. The van der Waals surface area contributed by atoms with Crippen LogP contribution in [0, 0.1) is 0 Å². The molecule has 0 aliphatic carbocycles. The molecule has 2 aliphatic heterocycles. The van der Waals surface area contributed by atoms with E-state index in [1.165, 1.54) is 5.56 Å². The van der Waals surface area contributed by atoms with E-state index >= 15 is 0 Å². The van der Waals surface area contributed by atoms with Crippen LogP contribution in [-0.4, -0.2) is 55.1 Å². The van der Waals surface area contributed by atoms with Crippen molar-refractivity contribution < 1.29 is 14.3 Å². The monoisotopic (exact) mass is 432 g/mol. The third-order valence-corrected chi connectivity index (χ3v) is 6.55. The number of aromatic nitrogens is 1. The number of amides is 2. The average Bonchev–Trinajstić information content (AvgIpc) is 3.13. The molecule has 0 fully saturated rings. The Balaban J connectivity index is 1.58. The lowest BCUT2D eigenvalue weighted by atomic mass is 9.96. The predicted octanol–water partition coefficient (Wildman–Crippen LogP) is 2.94. The topological polar surface area (TPSA) is 66.8 Å². The molecule has 0 saturated carbocycles. The van der Waals surface area contributed by atoms with Gasteiger partial charge in [-0.25, -0.2) is 0 Å². The molecular weight excluding hydrogens is 404 g/mol. The molecule has 3 aromatic rings. The van der Waals surface area contributed by atoms with E-state index in [1.807, 2.05) is 48.3 Å². The highest BCUT2D eigenvalue weighted by molar-refractivity contribution is 6.02. The number of ether oxygens (including phenoxy) is 1. The standard InChI is InChI=1S/C25H28N4O3/c1-27-20-10-5-4-9-19(20)25(31)28-14-12-18-17-8-3-6-11-21(17)29(23(18)24(27)28)16-22(30)26-13-7-15-32-2/h3-6,8-11,24H,7,12-16H2,1-2H3,(H,26,30)/t24-/m1/s1. The van der Waals surface area contributed by atoms with Gasteiger partial charge in [-0.2, -0.15) is 0 Å². The second-order valence-corrected chi connectivity index (χ2v) is 8.41. The van der Waals surface area contributed by atoms with Gasteiger partial charge in [0.2, 0.25) is 5.91 Å². The Labute approximate surface area is 187 Å². The highest BCUT2D eigenvalue weighted by Gasteiger charge is 2.42. The minimum Gasteiger partial charge on any atom is -0.385 e. The molecule has 0 bridgehead atoms. The van der Waals surface area contributed by atoms with Gasteiger partial charge in [0.1, 0.15) is 12.7 Å². The van der Waals surface area contributed by atoms with E-state index in [4.69, 9.17) is 4.74 Å². The van der Waals surface area contributed by atoms with Crippen LogP contribution in [-0.2, 0) is 22.5 Å². The van der Waals surface area contributed by atoms with Gasteiger partial charge in [0.05, 0.1) is 16.9 Å². The summed E-state index contributed by atoms with van der Waals surface area (Å²) < 4.78 is 7.17. The van der Waals surface area contributed by atoms with Crippen LogP contribution in [0.1, 0.15) is 34.2 Å². The molecule has 0 saturated heterocycles. The third-order valence-electron chi connectivity index (χ3n) is 6.55. The maximum absolute atomic E-state index is 13.4. The number of methoxy groups -OCH3 is 1. The van der Waals surface area contributed by atoms with Crippen molar-refractivity contribution in [2.75, 3.05) is 38.8 Å². The zero-order valence-electron chi connectivity index (χ0n) is 18.5. The number of rotatable bonds is 6. The van der Waals surface area contributed by atoms with Gasteiger partial charge in [0.25, 0.3) is 5.91 Å². The number of fused-ring (bicyclic) bond motifs is 6. The smallest absolute Gasteiger partial charge is 0.257 e. The van der Waals surface area contributed by atoms with E-state index in [2.05, 4.69) is 26.9 Å². The number of para-hydroxylation sites is 2. The molecule has 1 N–H and O–H groups in total. The van der Waals surface area contributed by atoms with Crippen LogP contribution in [0.25, 0.3) is 10.9 Å². The van der Waals surface area contributed by atoms with Crippen LogP contribution >= 0.6 is 0 Å². The number of nitrogens with one attached hydrogen (secondary N) is 1. The number of hydrogen-bond donors (Lipinski definition) is 1. The Morgan fingerprint density at radius 2 is 1.94 bits per heavy atom. The molecule has 0 spiro atoms. The summed E-state index contributed by atoms with van der Waals surface area (Å²) in [5.41, 5.74) is 4.95. The summed E-state index contributed by atoms with van der Waals surface area (Å²) in [6.45, 7) is 2.07. The fraction of sp³-hybridized carbons (Fsp3) is 0.360. The molecule has 32 heavy (non-hydrogen) atoms. The van der Waals surface area contributed by atoms with Crippen molar-refractivity contribution in [2.45, 2.75) is 25.6 Å². The average molecular weight is 433 g/mol. The molecule has 166 valence electrons. The largest absolute Gasteiger partial charge is 0.385 e. The number of benzene rings is 2. The summed E-state index contributed by atoms with van der Waals surface area (Å²) in [6, 6.07) is 16.0. The summed E-state index contributed by atoms with van der Waals surface area (Å²) in [6.07, 6.45) is 1.31. The molecule has 7 heteroatoms. The number of nitrogens with zero attached hydrogens (tertiary/aromatic N) is 3. The van der Waals surface area contributed by atoms with Gasteiger partial charge in [0, 0.05) is 44.8 Å². The zero-order chi connectivity index (χ0) is 22.2. The van der Waals surface area contributed by atoms with Gasteiger partial charge >= 0.3 is 0 Å². The van der Waals surface area contributed by atoms with E-state index in [1.54, 1.807) is 7.11 Å². The van der Waals surface area contributed by atoms with Crippen molar-refractivity contribution in [3.63, 3.8) is 0 Å². The van der Waals surface area contributed by atoms with Crippen molar-refractivity contribution in [1.82, 2.24) is 14.8 Å². The lowest BCUT2D eigenvalue weighted by molar-refractivity contribution is -0.121. The first kappa shape index (κ1) is 20.6. The molecule has 2 aromatic carbocycles. The minimum atomic E-state index is -0.241. The molecular formula is C25H28N4O3. The van der Waals surface area contributed by atoms with Crippen LogP contribution in [0.5, 0.6) is 0 Å². The summed E-state index contributed by atoms with van der Waals surface area (Å²) in [5.74, 6) is 0.0159. The normalized spacial score (nSPS) is 17.2. The van der Waals surface area contributed by atoms with E-state index < -0.39 is 0 Å². The van der Waals surface area contributed by atoms with Gasteiger partial charge in [-0.05, 0) is 36.6 Å². The quantitative estimate of drug-likeness (QED) is 0.609. The van der Waals surface area contributed by atoms with Crippen LogP contribution in [0.2, 0.25) is 0 Å². The lowest BCUT2D eigenvalue weighted by Gasteiger charge is -2.46. The molecule has 1 aromatic heterocycles. The molecule has 2 aliphatic rings. The Morgan fingerprint density at radius 1 is 1.16 bits per heavy atom. The fourth-order valence-electron chi connectivity index (χ4n) is 5.12. The highest BCUT2D eigenvalue weighted by Crippen LogP contribution is 2.44. The van der Waals surface area contributed by atoms with Crippen LogP contribution in [0.15, 0.2) is 48.5 Å². The summed E-state index contributed by atoms with van der Waals surface area (Å²) in [7, 11) is 3.69. The maximum Gasteiger partial charge on any atom is 0.257 e. The van der Waals surface area contributed by atoms with Crippen molar-refractivity contribution in [1.29, 1.82) is 0 Å². The van der Waals surface area contributed by atoms with Crippen molar-refractivity contribution >= 4 is 28.4 Å². The summed E-state index contributed by atoms with van der Waals surface area (Å²) in [5, 5.41) is 4.16. The van der Waals surface area contributed by atoms with Crippen molar-refractivity contribution in [3.8, 4) is 0 Å². The zero-order valence-corrected chi connectivity index (χ0v) is 18.5. The molecule has 3 heterocycles. The molecule has 7 nitrogen and oxygen atoms in total. The molecule has 0 unspecified atom stereocenters. The molecule has 0 radical (unpaired) electrons. The molecule has 5 rings (SSSR count). The van der Waals surface area contributed by atoms with Gasteiger partial charge in [0.15, 0.2) is 0 Å². The first-order valence-corrected chi connectivity index (χ1v) is 11.1. The van der Waals surface area contributed by atoms with Gasteiger partial charge < -0.3 is 24.4 Å². The van der Waals surface area contributed by atoms with E-state index in [0.717, 1.165) is 40.7 Å². The third kappa shape index (κ3) is 3.24. The minimum absolute atomic E-state index is 0.0352. The van der Waals surface area contributed by atoms with E-state index in [0.29, 0.717) is 19.7 Å². The number of anilines is 1. The molecule has 1 atom stereocenters. The first-order valence-electron chi connectivity index (χ1n) is 11.1. The number of hydrogen-bond acceptors (Lipinski definition) is 4. The molecule has 2 amide bonds. The van der Waals surface area contributed by atoms with Gasteiger partial charge in [-0.1, -0.05) is 30.3 Å². The van der Waals surface area contributed by atoms with Crippen molar-refractivity contribution in [3.05, 3.63) is 65.4 Å². The van der Waals surface area contributed by atoms with Gasteiger partial charge in [-0.15, -0.1) is 0 Å². The van der Waals surface area contributed by atoms with Crippen LogP contribution in [0.3, 0.4) is 0 Å².